The molecular weight excluding hydrogens is 1120 g/mol. The van der Waals surface area contributed by atoms with Crippen molar-refractivity contribution >= 4 is 65.0 Å². The highest BCUT2D eigenvalue weighted by atomic mass is 16.3. The fourth-order valence-corrected chi connectivity index (χ4v) is 10.7. The molecule has 11 amide bonds. The number of rotatable bonds is 17. The first-order valence-corrected chi connectivity index (χ1v) is 30.9. The Morgan fingerprint density at radius 1 is 0.437 bits per heavy atom. The highest BCUT2D eigenvalue weighted by molar-refractivity contribution is 5.99. The molecule has 1 heterocycles. The molecular formula is C62H111N11O14. The van der Waals surface area contributed by atoms with E-state index < -0.39 is 156 Å². The first-order chi connectivity index (χ1) is 40.1. The molecule has 1 aliphatic heterocycles. The lowest BCUT2D eigenvalue weighted by atomic mass is 9.91. The SMILES string of the molecule is CC(C)C[C@@H]1NC(=O)[C@H](CC(C)C)N(C)C(=O)[C@@H](C)NC(=O)[C@H](C)NC(=O)[C@H](CC(C)C)N(C)C(=O)[C@H](CC(C)C)NC(=O)[C@H](CC(C)C)N(C)C(=O)CN(C)C(=O)[C@H]([C@@H](C)O)NC(=O)[C@H]([C@H](O)[C@H](C)CC=CCO)N(C)C(=O)[C@H](C(C)C)N(C)C1=O. The van der Waals surface area contributed by atoms with Crippen LogP contribution in [0.4, 0.5) is 0 Å². The zero-order chi connectivity index (χ0) is 67.4. The third-order valence-electron chi connectivity index (χ3n) is 15.8. The van der Waals surface area contributed by atoms with Crippen molar-refractivity contribution in [2.75, 3.05) is 55.4 Å². The second kappa shape index (κ2) is 36.3. The number of nitrogens with zero attached hydrogens (tertiary/aromatic N) is 6. The molecule has 1 rings (SSSR count). The van der Waals surface area contributed by atoms with Gasteiger partial charge in [0.15, 0.2) is 0 Å². The summed E-state index contributed by atoms with van der Waals surface area (Å²) < 4.78 is 0. The normalized spacial score (nSPS) is 26.8. The molecule has 0 radical (unpaired) electrons. The number of hydrogen-bond donors (Lipinski definition) is 8. The fourth-order valence-electron chi connectivity index (χ4n) is 10.7. The van der Waals surface area contributed by atoms with E-state index in [1.165, 1.54) is 78.9 Å². The summed E-state index contributed by atoms with van der Waals surface area (Å²) in [5, 5.41) is 46.3. The van der Waals surface area contributed by atoms with E-state index in [1.54, 1.807) is 26.8 Å². The molecule has 0 aromatic heterocycles. The zero-order valence-corrected chi connectivity index (χ0v) is 56.3. The average molecular weight is 1230 g/mol. The summed E-state index contributed by atoms with van der Waals surface area (Å²) >= 11 is 0. The van der Waals surface area contributed by atoms with Crippen LogP contribution in [0.15, 0.2) is 12.2 Å². The van der Waals surface area contributed by atoms with Crippen LogP contribution in [0.1, 0.15) is 149 Å². The van der Waals surface area contributed by atoms with Crippen molar-refractivity contribution in [3.05, 3.63) is 12.2 Å². The molecule has 498 valence electrons. The van der Waals surface area contributed by atoms with E-state index in [-0.39, 0.29) is 74.7 Å². The summed E-state index contributed by atoms with van der Waals surface area (Å²) in [5.74, 6) is -10.8. The van der Waals surface area contributed by atoms with Crippen LogP contribution in [0.5, 0.6) is 0 Å². The minimum atomic E-state index is -1.80. The summed E-state index contributed by atoms with van der Waals surface area (Å²) in [6.45, 7) is 26.4. The van der Waals surface area contributed by atoms with E-state index in [1.807, 2.05) is 69.2 Å². The number of allylic oxidation sites excluding steroid dienone is 1. The Bertz CT molecular complexity index is 2360. The zero-order valence-electron chi connectivity index (χ0n) is 56.3. The smallest absolute Gasteiger partial charge is 0.248 e. The summed E-state index contributed by atoms with van der Waals surface area (Å²) in [4.78, 5) is 166. The largest absolute Gasteiger partial charge is 0.392 e. The van der Waals surface area contributed by atoms with Gasteiger partial charge in [0.2, 0.25) is 65.0 Å². The van der Waals surface area contributed by atoms with Crippen molar-refractivity contribution in [2.24, 2.45) is 41.4 Å². The molecule has 0 aromatic rings. The van der Waals surface area contributed by atoms with Gasteiger partial charge in [0.1, 0.15) is 60.4 Å². The summed E-state index contributed by atoms with van der Waals surface area (Å²) in [7, 11) is 8.05. The highest BCUT2D eigenvalue weighted by Gasteiger charge is 2.45. The molecule has 13 atom stereocenters. The van der Waals surface area contributed by atoms with Gasteiger partial charge in [-0.25, -0.2) is 0 Å². The van der Waals surface area contributed by atoms with Gasteiger partial charge in [-0.15, -0.1) is 0 Å². The number of likely N-dealkylation sites (N-methyl/N-ethyl adjacent to an activating group) is 6. The number of carbonyl (C=O) groups is 11. The Hall–Kier alpha value is -6.21. The number of amides is 11. The predicted molar refractivity (Wildman–Crippen MR) is 331 cm³/mol. The fraction of sp³-hybridized carbons (Fsp3) is 0.790. The summed E-state index contributed by atoms with van der Waals surface area (Å²) in [6.07, 6.45) is 0.370. The van der Waals surface area contributed by atoms with E-state index >= 15 is 4.79 Å². The average Bonchev–Trinajstić information content (AvgIpc) is 1.33. The third-order valence-corrected chi connectivity index (χ3v) is 15.8. The quantitative estimate of drug-likeness (QED) is 0.0952. The van der Waals surface area contributed by atoms with Crippen molar-refractivity contribution in [1.29, 1.82) is 0 Å². The Kier molecular flexibility index (Phi) is 32.9. The highest BCUT2D eigenvalue weighted by Crippen LogP contribution is 2.24. The number of carbonyl (C=O) groups excluding carboxylic acids is 11. The van der Waals surface area contributed by atoms with Crippen LogP contribution in [0.2, 0.25) is 0 Å². The predicted octanol–water partition coefficient (Wildman–Crippen LogP) is 1.26. The minimum Gasteiger partial charge on any atom is -0.392 e. The molecule has 87 heavy (non-hydrogen) atoms. The molecule has 1 aliphatic rings. The molecule has 0 unspecified atom stereocenters. The maximum atomic E-state index is 15.1. The lowest BCUT2D eigenvalue weighted by molar-refractivity contribution is -0.155. The van der Waals surface area contributed by atoms with E-state index in [0.29, 0.717) is 0 Å². The molecule has 0 spiro atoms. The van der Waals surface area contributed by atoms with Crippen LogP contribution in [0.3, 0.4) is 0 Å². The molecule has 25 heteroatoms. The van der Waals surface area contributed by atoms with Gasteiger partial charge in [-0.1, -0.05) is 102 Å². The van der Waals surface area contributed by atoms with Gasteiger partial charge in [-0.2, -0.15) is 0 Å². The summed E-state index contributed by atoms with van der Waals surface area (Å²) in [6, 6.07) is -13.4. The standard InChI is InChI=1S/C62H111N11O14/c1-33(2)27-43-59(84)71(20)46(30-36(7)8)54(79)63-40(14)53(78)64-41(15)58(83)70(19)47(31-37(9)10)56(81)66-44(28-34(3)4)60(85)72(21)50(38(11)12)62(87)73(22)51(52(77)39(13)25-23-24-26-74)57(82)67-49(42(16)75)61(86)68(17)32-48(76)69(18)45(29-35(5)6)55(80)65-43/h23-24,33-47,49-52,74-75,77H,25-32H2,1-22H3,(H,63,79)(H,64,78)(H,65,80)(H,66,81)(H,67,82)/t39-,40+,41-,42-,43+,44+,45+,46+,47+,49+,50+,51+,52-/m1/s1. The third kappa shape index (κ3) is 23.7. The first kappa shape index (κ1) is 78.8. The maximum absolute atomic E-state index is 15.1. The number of nitrogens with one attached hydrogen (secondary N) is 5. The van der Waals surface area contributed by atoms with Crippen molar-refractivity contribution in [3.8, 4) is 0 Å². The van der Waals surface area contributed by atoms with Gasteiger partial charge in [-0.05, 0) is 101 Å². The second-order valence-electron chi connectivity index (χ2n) is 26.5. The van der Waals surface area contributed by atoms with Crippen molar-refractivity contribution < 1.29 is 68.1 Å². The Morgan fingerprint density at radius 2 is 0.828 bits per heavy atom. The molecule has 8 N–H and O–H groups in total. The molecule has 0 aliphatic carbocycles. The van der Waals surface area contributed by atoms with Crippen LogP contribution >= 0.6 is 0 Å². The number of hydrogen-bond acceptors (Lipinski definition) is 14. The molecule has 0 bridgehead atoms. The van der Waals surface area contributed by atoms with Crippen LogP contribution < -0.4 is 26.6 Å². The first-order valence-electron chi connectivity index (χ1n) is 30.9. The molecule has 0 aromatic carbocycles. The number of aliphatic hydroxyl groups is 3. The van der Waals surface area contributed by atoms with Gasteiger partial charge in [0, 0.05) is 42.3 Å². The number of aliphatic hydroxyl groups excluding tert-OH is 3. The lowest BCUT2D eigenvalue weighted by Gasteiger charge is -2.40. The van der Waals surface area contributed by atoms with Crippen molar-refractivity contribution in [1.82, 2.24) is 56.0 Å². The van der Waals surface area contributed by atoms with Crippen molar-refractivity contribution in [3.63, 3.8) is 0 Å². The van der Waals surface area contributed by atoms with Crippen LogP contribution in [-0.2, 0) is 52.7 Å². The van der Waals surface area contributed by atoms with Crippen LogP contribution in [0, 0.1) is 41.4 Å². The van der Waals surface area contributed by atoms with E-state index in [0.717, 1.165) is 19.6 Å². The Balaban J connectivity index is 4.35. The Morgan fingerprint density at radius 3 is 1.24 bits per heavy atom. The molecule has 0 saturated carbocycles. The Labute approximate surface area is 518 Å². The van der Waals surface area contributed by atoms with Gasteiger partial charge in [-0.3, -0.25) is 52.7 Å². The van der Waals surface area contributed by atoms with E-state index in [4.69, 9.17) is 0 Å². The van der Waals surface area contributed by atoms with E-state index in [2.05, 4.69) is 26.6 Å². The maximum Gasteiger partial charge on any atom is 0.248 e. The van der Waals surface area contributed by atoms with Crippen LogP contribution in [-0.4, -0.2) is 238 Å². The second-order valence-corrected chi connectivity index (χ2v) is 26.5. The minimum absolute atomic E-state index is 0.0770. The van der Waals surface area contributed by atoms with E-state index in [9.17, 15) is 63.3 Å². The summed E-state index contributed by atoms with van der Waals surface area (Å²) in [5.41, 5.74) is 0. The van der Waals surface area contributed by atoms with Crippen molar-refractivity contribution in [2.45, 2.75) is 222 Å². The van der Waals surface area contributed by atoms with Crippen LogP contribution in [0.25, 0.3) is 0 Å². The molecule has 1 saturated heterocycles. The topological polar surface area (TPSA) is 328 Å². The van der Waals surface area contributed by atoms with Gasteiger partial charge in [0.05, 0.1) is 25.4 Å². The molecule has 1 fully saturated rings. The van der Waals surface area contributed by atoms with Gasteiger partial charge < -0.3 is 71.3 Å². The lowest BCUT2D eigenvalue weighted by Crippen LogP contribution is -2.64. The monoisotopic (exact) mass is 1230 g/mol. The van der Waals surface area contributed by atoms with Gasteiger partial charge >= 0.3 is 0 Å². The molecule has 25 nitrogen and oxygen atoms in total. The van der Waals surface area contributed by atoms with Gasteiger partial charge in [0.25, 0.3) is 0 Å².